The number of ether oxygens (including phenoxy) is 1. The van der Waals surface area contributed by atoms with Crippen molar-refractivity contribution in [2.75, 3.05) is 13.7 Å². The number of pyridine rings is 2. The number of nitrogens with zero attached hydrogens (tertiary/aromatic N) is 6. The Kier molecular flexibility index (Phi) is 4.02. The normalized spacial score (nSPS) is 19.8. The molecule has 5 heterocycles. The summed E-state index contributed by atoms with van der Waals surface area (Å²) < 4.78 is 7.25. The van der Waals surface area contributed by atoms with E-state index in [1.807, 2.05) is 35.8 Å². The van der Waals surface area contributed by atoms with E-state index in [1.54, 1.807) is 13.4 Å². The second-order valence-electron chi connectivity index (χ2n) is 8.04. The van der Waals surface area contributed by atoms with Gasteiger partial charge >= 0.3 is 0 Å². The average Bonchev–Trinajstić information content (AvgIpc) is 3.42. The molecule has 0 spiro atoms. The van der Waals surface area contributed by atoms with Gasteiger partial charge in [-0.25, -0.2) is 9.50 Å². The fraction of sp³-hybridized carbons (Fsp3) is 0.250. The number of benzene rings is 1. The van der Waals surface area contributed by atoms with E-state index in [9.17, 15) is 0 Å². The van der Waals surface area contributed by atoms with Gasteiger partial charge in [0.1, 0.15) is 24.0 Å². The molecule has 0 amide bonds. The second kappa shape index (κ2) is 6.91. The third-order valence-electron chi connectivity index (χ3n) is 6.20. The van der Waals surface area contributed by atoms with Gasteiger partial charge in [-0.1, -0.05) is 12.1 Å². The number of aliphatic imine (C=N–C) groups is 1. The van der Waals surface area contributed by atoms with Crippen LogP contribution in [0, 0.1) is 6.92 Å². The molecule has 0 aliphatic carbocycles. The zero-order valence-electron chi connectivity index (χ0n) is 17.4. The molecular weight excluding hydrogens is 388 g/mol. The SMILES string of the molecule is COc1ccc2c(c1)CCN1C2=NC(c2ccc3ncnn3c2)C1c1cccc(C)n1. The predicted molar refractivity (Wildman–Crippen MR) is 117 cm³/mol. The quantitative estimate of drug-likeness (QED) is 0.517. The Bertz CT molecular complexity index is 1330. The van der Waals surface area contributed by atoms with Crippen LogP contribution < -0.4 is 4.74 Å². The first-order valence-electron chi connectivity index (χ1n) is 10.5. The van der Waals surface area contributed by atoms with Crippen LogP contribution >= 0.6 is 0 Å². The molecule has 0 radical (unpaired) electrons. The maximum atomic E-state index is 5.44. The fourth-order valence-electron chi connectivity index (χ4n) is 4.73. The zero-order valence-corrected chi connectivity index (χ0v) is 17.4. The zero-order chi connectivity index (χ0) is 20.9. The minimum atomic E-state index is -0.0778. The molecule has 2 unspecified atom stereocenters. The summed E-state index contributed by atoms with van der Waals surface area (Å²) >= 11 is 0. The lowest BCUT2D eigenvalue weighted by Gasteiger charge is -2.34. The van der Waals surface area contributed by atoms with Crippen molar-refractivity contribution in [3.8, 4) is 5.75 Å². The first kappa shape index (κ1) is 18.1. The second-order valence-corrected chi connectivity index (χ2v) is 8.04. The van der Waals surface area contributed by atoms with Gasteiger partial charge in [0.2, 0.25) is 0 Å². The molecule has 2 aliphatic heterocycles. The summed E-state index contributed by atoms with van der Waals surface area (Å²) in [7, 11) is 1.71. The monoisotopic (exact) mass is 410 g/mol. The van der Waals surface area contributed by atoms with Crippen LogP contribution in [-0.2, 0) is 6.42 Å². The van der Waals surface area contributed by atoms with Crippen LogP contribution in [0.15, 0.2) is 66.0 Å². The first-order chi connectivity index (χ1) is 15.2. The van der Waals surface area contributed by atoms with Gasteiger partial charge in [0.25, 0.3) is 0 Å². The standard InChI is InChI=1S/C24H22N6O/c1-15-4-3-5-20(27-15)23-22(17-6-9-21-25-14-26-30(21)13-17)28-24-19-8-7-18(31-2)12-16(19)10-11-29(23)24/h3-9,12-14,22-23H,10-11H2,1-2H3. The van der Waals surface area contributed by atoms with Crippen molar-refractivity contribution in [1.29, 1.82) is 0 Å². The van der Waals surface area contributed by atoms with Gasteiger partial charge in [0, 0.05) is 24.0 Å². The van der Waals surface area contributed by atoms with E-state index >= 15 is 0 Å². The van der Waals surface area contributed by atoms with Crippen molar-refractivity contribution < 1.29 is 4.74 Å². The molecule has 7 heteroatoms. The molecule has 1 aromatic carbocycles. The third-order valence-corrected chi connectivity index (χ3v) is 6.20. The Morgan fingerprint density at radius 1 is 1.10 bits per heavy atom. The fourth-order valence-corrected chi connectivity index (χ4v) is 4.73. The first-order valence-corrected chi connectivity index (χ1v) is 10.5. The highest BCUT2D eigenvalue weighted by atomic mass is 16.5. The van der Waals surface area contributed by atoms with Gasteiger partial charge in [0.05, 0.1) is 18.8 Å². The minimum Gasteiger partial charge on any atom is -0.497 e. The molecule has 0 N–H and O–H groups in total. The van der Waals surface area contributed by atoms with Crippen LogP contribution in [0.2, 0.25) is 0 Å². The molecule has 6 rings (SSSR count). The van der Waals surface area contributed by atoms with Crippen LogP contribution in [0.3, 0.4) is 0 Å². The summed E-state index contributed by atoms with van der Waals surface area (Å²) in [6.07, 6.45) is 4.56. The van der Waals surface area contributed by atoms with Gasteiger partial charge in [-0.2, -0.15) is 5.10 Å². The van der Waals surface area contributed by atoms with Crippen LogP contribution in [-0.4, -0.2) is 44.0 Å². The molecule has 154 valence electrons. The summed E-state index contributed by atoms with van der Waals surface area (Å²) in [4.78, 5) is 16.8. The number of rotatable bonds is 3. The van der Waals surface area contributed by atoms with E-state index in [0.717, 1.165) is 47.1 Å². The van der Waals surface area contributed by atoms with Crippen LogP contribution in [0.4, 0.5) is 0 Å². The topological polar surface area (TPSA) is 67.9 Å². The molecule has 0 fully saturated rings. The van der Waals surface area contributed by atoms with Crippen LogP contribution in [0.1, 0.15) is 40.2 Å². The Morgan fingerprint density at radius 3 is 2.90 bits per heavy atom. The molecule has 2 atom stereocenters. The lowest BCUT2D eigenvalue weighted by atomic mass is 9.94. The largest absolute Gasteiger partial charge is 0.497 e. The summed E-state index contributed by atoms with van der Waals surface area (Å²) in [6, 6.07) is 16.6. The third kappa shape index (κ3) is 2.88. The Balaban J connectivity index is 1.51. The van der Waals surface area contributed by atoms with Crippen molar-refractivity contribution in [1.82, 2.24) is 24.5 Å². The highest BCUT2D eigenvalue weighted by Crippen LogP contribution is 2.44. The van der Waals surface area contributed by atoms with E-state index < -0.39 is 0 Å². The molecule has 31 heavy (non-hydrogen) atoms. The summed E-state index contributed by atoms with van der Waals surface area (Å²) in [6.45, 7) is 2.93. The number of aromatic nitrogens is 4. The van der Waals surface area contributed by atoms with E-state index in [4.69, 9.17) is 14.7 Å². The van der Waals surface area contributed by atoms with E-state index in [1.165, 1.54) is 11.1 Å². The molecule has 0 bridgehead atoms. The van der Waals surface area contributed by atoms with Crippen molar-refractivity contribution in [2.45, 2.75) is 25.4 Å². The number of hydrogen-bond donors (Lipinski definition) is 0. The Morgan fingerprint density at radius 2 is 2.03 bits per heavy atom. The van der Waals surface area contributed by atoms with Gasteiger partial charge in [-0.05, 0) is 60.9 Å². The smallest absolute Gasteiger partial charge is 0.155 e. The van der Waals surface area contributed by atoms with Crippen molar-refractivity contribution in [2.24, 2.45) is 4.99 Å². The predicted octanol–water partition coefficient (Wildman–Crippen LogP) is 3.54. The lowest BCUT2D eigenvalue weighted by Crippen LogP contribution is -2.38. The average molecular weight is 410 g/mol. The summed E-state index contributed by atoms with van der Waals surface area (Å²) in [5.74, 6) is 1.91. The maximum Gasteiger partial charge on any atom is 0.155 e. The number of methoxy groups -OCH3 is 1. The van der Waals surface area contributed by atoms with Gasteiger partial charge in [-0.3, -0.25) is 9.98 Å². The molecule has 0 saturated carbocycles. The summed E-state index contributed by atoms with van der Waals surface area (Å²) in [5, 5.41) is 4.32. The van der Waals surface area contributed by atoms with Gasteiger partial charge in [-0.15, -0.1) is 0 Å². The van der Waals surface area contributed by atoms with Gasteiger partial charge in [0.15, 0.2) is 5.65 Å². The van der Waals surface area contributed by atoms with Gasteiger partial charge < -0.3 is 9.64 Å². The van der Waals surface area contributed by atoms with E-state index in [0.29, 0.717) is 0 Å². The lowest BCUT2D eigenvalue weighted by molar-refractivity contribution is 0.302. The highest BCUT2D eigenvalue weighted by molar-refractivity contribution is 6.02. The van der Waals surface area contributed by atoms with Crippen molar-refractivity contribution in [3.63, 3.8) is 0 Å². The molecular formula is C24H22N6O. The number of aryl methyl sites for hydroxylation is 1. The van der Waals surface area contributed by atoms with E-state index in [2.05, 4.69) is 45.3 Å². The van der Waals surface area contributed by atoms with Crippen LogP contribution in [0.5, 0.6) is 5.75 Å². The highest BCUT2D eigenvalue weighted by Gasteiger charge is 2.41. The number of amidine groups is 1. The van der Waals surface area contributed by atoms with Crippen LogP contribution in [0.25, 0.3) is 5.65 Å². The maximum absolute atomic E-state index is 5.44. The van der Waals surface area contributed by atoms with Crippen molar-refractivity contribution >= 4 is 11.5 Å². The Labute approximate surface area is 180 Å². The Hall–Kier alpha value is -3.74. The molecule has 2 aliphatic rings. The number of hydrogen-bond acceptors (Lipinski definition) is 6. The van der Waals surface area contributed by atoms with E-state index in [-0.39, 0.29) is 12.1 Å². The minimum absolute atomic E-state index is 0.0334. The van der Waals surface area contributed by atoms with Crippen molar-refractivity contribution in [3.05, 3.63) is 89.1 Å². The molecule has 4 aromatic rings. The number of fused-ring (bicyclic) bond motifs is 4. The molecule has 3 aromatic heterocycles. The summed E-state index contributed by atoms with van der Waals surface area (Å²) in [5.41, 5.74) is 6.43. The molecule has 0 saturated heterocycles. The molecule has 7 nitrogen and oxygen atoms in total.